The third kappa shape index (κ3) is 41.0. The molecule has 50 valence electrons. The van der Waals surface area contributed by atoms with Gasteiger partial charge in [-0.2, -0.15) is 0 Å². The summed E-state index contributed by atoms with van der Waals surface area (Å²) in [6, 6.07) is 0. The molecule has 0 radical (unpaired) electrons. The predicted octanol–water partition coefficient (Wildman–Crippen LogP) is 1.49. The molecule has 0 atom stereocenters. The van der Waals surface area contributed by atoms with Crippen molar-refractivity contribution in [1.29, 1.82) is 0 Å². The van der Waals surface area contributed by atoms with E-state index in [9.17, 15) is 0 Å². The van der Waals surface area contributed by atoms with E-state index >= 15 is 0 Å². The van der Waals surface area contributed by atoms with Gasteiger partial charge in [0.2, 0.25) is 0 Å². The standard InChI is InChI=1S/C3H6I.C2H4O2.K/c1-2-3-4;1-2(3)4;/h1-3H2;1H3,(H,3,4);. The van der Waals surface area contributed by atoms with Gasteiger partial charge in [-0.05, 0) is 0 Å². The molecule has 0 aliphatic heterocycles. The van der Waals surface area contributed by atoms with Crippen molar-refractivity contribution < 1.29 is 9.90 Å². The van der Waals surface area contributed by atoms with E-state index in [4.69, 9.17) is 9.90 Å². The minimum atomic E-state index is -0.833. The fourth-order valence-corrected chi connectivity index (χ4v) is 3.70. The molecule has 0 aromatic heterocycles. The van der Waals surface area contributed by atoms with Gasteiger partial charge in [-0.1, -0.05) is 0 Å². The molecule has 0 aromatic carbocycles. The average Bonchev–Trinajstić information content (AvgIpc) is 1.66. The molecule has 0 saturated heterocycles. The van der Waals surface area contributed by atoms with E-state index in [1.54, 1.807) is 0 Å². The molecule has 9 heavy (non-hydrogen) atoms. The first-order chi connectivity index (χ1) is 4.15. The summed E-state index contributed by atoms with van der Waals surface area (Å²) in [6.45, 7) is 1.08. The van der Waals surface area contributed by atoms with Crippen molar-refractivity contribution >= 4 is 77.5 Å². The topological polar surface area (TPSA) is 37.3 Å². The van der Waals surface area contributed by atoms with Crippen molar-refractivity contribution in [2.75, 3.05) is 4.43 Å². The monoisotopic (exact) mass is 268 g/mol. The Bertz CT molecular complexity index is 62.0. The zero-order valence-corrected chi connectivity index (χ0v) is 11.1. The van der Waals surface area contributed by atoms with Crippen LogP contribution in [0, 0.1) is 0 Å². The maximum atomic E-state index is 9.00. The minimum absolute atomic E-state index is 0.833. The quantitative estimate of drug-likeness (QED) is 0.468. The van der Waals surface area contributed by atoms with E-state index in [1.165, 1.54) is 11.4 Å². The predicted molar refractivity (Wildman–Crippen MR) is 47.4 cm³/mol. The Hall–Kier alpha value is 1.84. The zero-order chi connectivity index (χ0) is 7.70. The molecule has 0 fully saturated rings. The van der Waals surface area contributed by atoms with Gasteiger partial charge in [0, 0.05) is 6.92 Å². The van der Waals surface area contributed by atoms with Crippen LogP contribution in [0.3, 0.4) is 0 Å². The summed E-state index contributed by atoms with van der Waals surface area (Å²) in [6.07, 6.45) is 1.46. The Morgan fingerprint density at radius 3 is 2.11 bits per heavy atom. The number of carboxylic acid groups (broad SMARTS) is 1. The first-order valence-electron chi connectivity index (χ1n) is 2.90. The third-order valence-corrected chi connectivity index (χ3v) is 2.35. The van der Waals surface area contributed by atoms with Gasteiger partial charge in [0.05, 0.1) is 0 Å². The summed E-state index contributed by atoms with van der Waals surface area (Å²) in [4.78, 5) is 9.00. The first-order valence-corrected chi connectivity index (χ1v) is 6.64. The second-order valence-electron chi connectivity index (χ2n) is 1.56. The Balaban J connectivity index is 0. The molecule has 0 unspecified atom stereocenters. The second-order valence-corrected chi connectivity index (χ2v) is 4.20. The molecular weight excluding hydrogens is 258 g/mol. The van der Waals surface area contributed by atoms with Crippen LogP contribution < -0.4 is 0 Å². The SMILES string of the molecule is CC(=O)O.[K][CH2]CCI. The number of alkyl halides is 1. The van der Waals surface area contributed by atoms with Crippen LogP contribution in [0.1, 0.15) is 13.3 Å². The Labute approximate surface area is 104 Å². The molecule has 4 heteroatoms. The normalized spacial score (nSPS) is 7.56. The van der Waals surface area contributed by atoms with E-state index in [2.05, 4.69) is 22.6 Å². The van der Waals surface area contributed by atoms with Crippen molar-refractivity contribution in [3.63, 3.8) is 0 Å². The number of halogens is 1. The van der Waals surface area contributed by atoms with Crippen LogP contribution in [0.15, 0.2) is 0 Å². The summed E-state index contributed by atoms with van der Waals surface area (Å²) >= 11 is 3.53. The van der Waals surface area contributed by atoms with E-state index in [0.717, 1.165) is 55.9 Å². The molecule has 0 saturated carbocycles. The van der Waals surface area contributed by atoms with Gasteiger partial charge in [-0.15, -0.1) is 0 Å². The van der Waals surface area contributed by atoms with Crippen molar-refractivity contribution in [3.8, 4) is 0 Å². The Morgan fingerprint density at radius 1 is 1.78 bits per heavy atom. The molecule has 0 amide bonds. The van der Waals surface area contributed by atoms with Crippen LogP contribution in [0.4, 0.5) is 0 Å². The van der Waals surface area contributed by atoms with Crippen molar-refractivity contribution in [2.24, 2.45) is 0 Å². The molecule has 2 nitrogen and oxygen atoms in total. The van der Waals surface area contributed by atoms with Gasteiger partial charge >= 0.3 is 82.9 Å². The number of rotatable bonds is 2. The van der Waals surface area contributed by atoms with Gasteiger partial charge in [-0.3, -0.25) is 4.79 Å². The molecule has 0 rings (SSSR count). The van der Waals surface area contributed by atoms with Crippen molar-refractivity contribution in [1.82, 2.24) is 0 Å². The Kier molecular flexibility index (Phi) is 18.7. The van der Waals surface area contributed by atoms with Crippen molar-refractivity contribution in [2.45, 2.75) is 13.9 Å². The molecule has 0 bridgehead atoms. The Morgan fingerprint density at radius 2 is 2.11 bits per heavy atom. The van der Waals surface area contributed by atoms with Crippen LogP contribution in [-0.4, -0.2) is 64.5 Å². The third-order valence-electron chi connectivity index (χ3n) is 0.487. The van der Waals surface area contributed by atoms with E-state index in [-0.39, 0.29) is 0 Å². The van der Waals surface area contributed by atoms with Gasteiger partial charge in [0.25, 0.3) is 5.97 Å². The molecular formula is C5H10IKO2. The van der Waals surface area contributed by atoms with E-state index < -0.39 is 5.97 Å². The second kappa shape index (κ2) is 12.5. The van der Waals surface area contributed by atoms with E-state index in [0.29, 0.717) is 0 Å². The van der Waals surface area contributed by atoms with Gasteiger partial charge in [0.1, 0.15) is 0 Å². The van der Waals surface area contributed by atoms with Crippen LogP contribution in [0.5, 0.6) is 0 Å². The summed E-state index contributed by atoms with van der Waals surface area (Å²) in [5.41, 5.74) is 0. The van der Waals surface area contributed by atoms with E-state index in [1.807, 2.05) is 0 Å². The number of carbonyl (C=O) groups is 1. The number of hydrogen-bond acceptors (Lipinski definition) is 1. The molecule has 0 heterocycles. The summed E-state index contributed by atoms with van der Waals surface area (Å²) in [7, 11) is 0. The molecule has 0 aliphatic carbocycles. The number of aliphatic carboxylic acids is 1. The van der Waals surface area contributed by atoms with Gasteiger partial charge < -0.3 is 5.11 Å². The average molecular weight is 268 g/mol. The number of carboxylic acids is 1. The summed E-state index contributed by atoms with van der Waals surface area (Å²) in [5, 5.41) is 7.42. The van der Waals surface area contributed by atoms with Crippen LogP contribution in [0.25, 0.3) is 0 Å². The van der Waals surface area contributed by atoms with Gasteiger partial charge in [0.15, 0.2) is 0 Å². The maximum absolute atomic E-state index is 9.00. The number of hydrogen-bond donors (Lipinski definition) is 1. The zero-order valence-electron chi connectivity index (χ0n) is 5.85. The first kappa shape index (κ1) is 13.4. The van der Waals surface area contributed by atoms with Gasteiger partial charge in [-0.25, -0.2) is 0 Å². The summed E-state index contributed by atoms with van der Waals surface area (Å²) < 4.78 is 2.88. The van der Waals surface area contributed by atoms with Crippen LogP contribution >= 0.6 is 22.6 Å². The molecule has 0 aliphatic rings. The van der Waals surface area contributed by atoms with Crippen LogP contribution in [-0.2, 0) is 4.79 Å². The summed E-state index contributed by atoms with van der Waals surface area (Å²) in [5.74, 6) is -0.833. The fourth-order valence-electron chi connectivity index (χ4n) is 0.134. The molecule has 0 spiro atoms. The fraction of sp³-hybridized carbons (Fsp3) is 0.800. The molecule has 0 aromatic rings. The van der Waals surface area contributed by atoms with Crippen LogP contribution in [0.2, 0.25) is 0.515 Å². The van der Waals surface area contributed by atoms with Crippen molar-refractivity contribution in [3.05, 3.63) is 0 Å². The molecule has 1 N–H and O–H groups in total.